The van der Waals surface area contributed by atoms with E-state index >= 15 is 0 Å². The smallest absolute Gasteiger partial charge is 0.0892 e. The monoisotopic (exact) mass is 240 g/mol. The third kappa shape index (κ3) is 3.97. The molecule has 17 heavy (non-hydrogen) atoms. The second kappa shape index (κ2) is 7.67. The molecule has 3 N–H and O–H groups in total. The first-order valence-corrected chi connectivity index (χ1v) is 6.36. The summed E-state index contributed by atoms with van der Waals surface area (Å²) in [5.74, 6) is 11.7. The van der Waals surface area contributed by atoms with Gasteiger partial charge >= 0.3 is 0 Å². The van der Waals surface area contributed by atoms with Crippen LogP contribution in [0, 0.1) is 11.8 Å². The molecule has 0 radical (unpaired) electrons. The Bertz CT molecular complexity index is 259. The predicted octanol–water partition coefficient (Wildman–Crippen LogP) is 1.21. The summed E-state index contributed by atoms with van der Waals surface area (Å²) in [6.45, 7) is 6.08. The van der Waals surface area contributed by atoms with Crippen LogP contribution in [0.5, 0.6) is 0 Å². The van der Waals surface area contributed by atoms with Crippen LogP contribution in [0.4, 0.5) is 0 Å². The first kappa shape index (κ1) is 14.5. The Morgan fingerprint density at radius 1 is 1.47 bits per heavy atom. The lowest BCUT2D eigenvalue weighted by Crippen LogP contribution is -2.57. The topological polar surface area (TPSA) is 56.5 Å². The second-order valence-electron chi connectivity index (χ2n) is 4.29. The fourth-order valence-corrected chi connectivity index (χ4v) is 2.44. The van der Waals surface area contributed by atoms with Crippen LogP contribution < -0.4 is 11.3 Å². The molecule has 1 rings (SSSR count). The SMILES string of the molecule is CC#CCCC(NN)C1(OCC)CCOCC1. The number of hydrogen-bond donors (Lipinski definition) is 2. The molecule has 0 saturated carbocycles. The molecular weight excluding hydrogens is 216 g/mol. The Hall–Kier alpha value is -0.600. The van der Waals surface area contributed by atoms with Crippen molar-refractivity contribution in [3.63, 3.8) is 0 Å². The summed E-state index contributed by atoms with van der Waals surface area (Å²) in [6.07, 6.45) is 3.56. The largest absolute Gasteiger partial charge is 0.381 e. The molecule has 1 saturated heterocycles. The van der Waals surface area contributed by atoms with Crippen molar-refractivity contribution in [3.8, 4) is 11.8 Å². The second-order valence-corrected chi connectivity index (χ2v) is 4.29. The Balaban J connectivity index is 2.65. The lowest BCUT2D eigenvalue weighted by Gasteiger charge is -2.42. The average Bonchev–Trinajstić information content (AvgIpc) is 2.36. The average molecular weight is 240 g/mol. The van der Waals surface area contributed by atoms with E-state index in [1.165, 1.54) is 0 Å². The molecule has 1 aliphatic rings. The first-order chi connectivity index (χ1) is 8.29. The Labute approximate surface area is 104 Å². The van der Waals surface area contributed by atoms with E-state index in [2.05, 4.69) is 17.3 Å². The third-order valence-electron chi connectivity index (χ3n) is 3.34. The van der Waals surface area contributed by atoms with E-state index in [1.54, 1.807) is 0 Å². The highest BCUT2D eigenvalue weighted by molar-refractivity contribution is 5.00. The zero-order valence-corrected chi connectivity index (χ0v) is 10.9. The molecule has 0 aromatic rings. The number of hydrazine groups is 1. The van der Waals surface area contributed by atoms with E-state index in [0.29, 0.717) is 6.61 Å². The number of hydrogen-bond acceptors (Lipinski definition) is 4. The van der Waals surface area contributed by atoms with Gasteiger partial charge in [0.1, 0.15) is 0 Å². The lowest BCUT2D eigenvalue weighted by atomic mass is 9.84. The van der Waals surface area contributed by atoms with Gasteiger partial charge in [0.15, 0.2) is 0 Å². The van der Waals surface area contributed by atoms with Crippen molar-refractivity contribution in [2.75, 3.05) is 19.8 Å². The predicted molar refractivity (Wildman–Crippen MR) is 68.2 cm³/mol. The third-order valence-corrected chi connectivity index (χ3v) is 3.34. The molecule has 1 atom stereocenters. The van der Waals surface area contributed by atoms with Gasteiger partial charge in [-0.3, -0.25) is 11.3 Å². The minimum absolute atomic E-state index is 0.146. The van der Waals surface area contributed by atoms with Crippen molar-refractivity contribution in [2.24, 2.45) is 5.84 Å². The van der Waals surface area contributed by atoms with Gasteiger partial charge in [-0.05, 0) is 20.3 Å². The number of ether oxygens (including phenoxy) is 2. The fourth-order valence-electron chi connectivity index (χ4n) is 2.44. The van der Waals surface area contributed by atoms with Gasteiger partial charge in [0.2, 0.25) is 0 Å². The van der Waals surface area contributed by atoms with E-state index in [-0.39, 0.29) is 11.6 Å². The van der Waals surface area contributed by atoms with Crippen molar-refractivity contribution >= 4 is 0 Å². The molecule has 0 aliphatic carbocycles. The van der Waals surface area contributed by atoms with Crippen molar-refractivity contribution in [1.29, 1.82) is 0 Å². The van der Waals surface area contributed by atoms with Gasteiger partial charge < -0.3 is 9.47 Å². The van der Waals surface area contributed by atoms with E-state index in [9.17, 15) is 0 Å². The Morgan fingerprint density at radius 3 is 2.71 bits per heavy atom. The molecule has 98 valence electrons. The Morgan fingerprint density at radius 2 is 2.18 bits per heavy atom. The van der Waals surface area contributed by atoms with Gasteiger partial charge in [0, 0.05) is 39.1 Å². The summed E-state index contributed by atoms with van der Waals surface area (Å²) in [4.78, 5) is 0. The van der Waals surface area contributed by atoms with Gasteiger partial charge in [-0.15, -0.1) is 11.8 Å². The van der Waals surface area contributed by atoms with Crippen molar-refractivity contribution < 1.29 is 9.47 Å². The van der Waals surface area contributed by atoms with Gasteiger partial charge in [-0.25, -0.2) is 0 Å². The van der Waals surface area contributed by atoms with Gasteiger partial charge in [-0.2, -0.15) is 0 Å². The first-order valence-electron chi connectivity index (χ1n) is 6.36. The van der Waals surface area contributed by atoms with Crippen molar-refractivity contribution in [1.82, 2.24) is 5.43 Å². The normalized spacial score (nSPS) is 20.4. The van der Waals surface area contributed by atoms with Crippen molar-refractivity contribution in [2.45, 2.75) is 51.2 Å². The van der Waals surface area contributed by atoms with Crippen LogP contribution in [0.1, 0.15) is 39.5 Å². The maximum atomic E-state index is 5.98. The number of rotatable bonds is 6. The van der Waals surface area contributed by atoms with E-state index in [1.807, 2.05) is 13.8 Å². The molecule has 0 aromatic carbocycles. The lowest BCUT2D eigenvalue weighted by molar-refractivity contribution is -0.127. The molecule has 1 heterocycles. The molecule has 0 aromatic heterocycles. The van der Waals surface area contributed by atoms with Gasteiger partial charge in [0.25, 0.3) is 0 Å². The highest BCUT2D eigenvalue weighted by Crippen LogP contribution is 2.30. The maximum Gasteiger partial charge on any atom is 0.0892 e. The molecule has 4 heteroatoms. The Kier molecular flexibility index (Phi) is 6.53. The summed E-state index contributed by atoms with van der Waals surface area (Å²) in [5.41, 5.74) is 2.72. The quantitative estimate of drug-likeness (QED) is 0.416. The number of nitrogens with one attached hydrogen (secondary N) is 1. The molecular formula is C13H24N2O2. The maximum absolute atomic E-state index is 5.98. The van der Waals surface area contributed by atoms with Gasteiger partial charge in [-0.1, -0.05) is 0 Å². The van der Waals surface area contributed by atoms with Gasteiger partial charge in [0.05, 0.1) is 11.6 Å². The highest BCUT2D eigenvalue weighted by Gasteiger charge is 2.40. The van der Waals surface area contributed by atoms with Crippen LogP contribution >= 0.6 is 0 Å². The summed E-state index contributed by atoms with van der Waals surface area (Å²) in [7, 11) is 0. The molecule has 1 unspecified atom stereocenters. The zero-order valence-electron chi connectivity index (χ0n) is 10.9. The minimum atomic E-state index is -0.183. The van der Waals surface area contributed by atoms with E-state index < -0.39 is 0 Å². The molecule has 0 bridgehead atoms. The van der Waals surface area contributed by atoms with Crippen LogP contribution in [0.3, 0.4) is 0 Å². The molecule has 0 amide bonds. The summed E-state index contributed by atoms with van der Waals surface area (Å²) < 4.78 is 11.4. The van der Waals surface area contributed by atoms with Crippen LogP contribution in [0.25, 0.3) is 0 Å². The standard InChI is InChI=1S/C13H24N2O2/c1-3-5-6-7-12(15-14)13(17-4-2)8-10-16-11-9-13/h12,15H,4,6-11,14H2,1-2H3. The van der Waals surface area contributed by atoms with E-state index in [4.69, 9.17) is 15.3 Å². The molecule has 4 nitrogen and oxygen atoms in total. The van der Waals surface area contributed by atoms with Crippen LogP contribution in [0.2, 0.25) is 0 Å². The van der Waals surface area contributed by atoms with Crippen LogP contribution in [-0.2, 0) is 9.47 Å². The molecule has 1 aliphatic heterocycles. The van der Waals surface area contributed by atoms with Crippen LogP contribution in [-0.4, -0.2) is 31.5 Å². The van der Waals surface area contributed by atoms with Crippen LogP contribution in [0.15, 0.2) is 0 Å². The molecule has 1 fully saturated rings. The highest BCUT2D eigenvalue weighted by atomic mass is 16.5. The fraction of sp³-hybridized carbons (Fsp3) is 0.846. The zero-order chi connectivity index (χ0) is 12.6. The van der Waals surface area contributed by atoms with E-state index in [0.717, 1.165) is 38.9 Å². The number of nitrogens with two attached hydrogens (primary N) is 1. The summed E-state index contributed by atoms with van der Waals surface area (Å²) in [5, 5.41) is 0. The van der Waals surface area contributed by atoms with Crippen molar-refractivity contribution in [3.05, 3.63) is 0 Å². The summed E-state index contributed by atoms with van der Waals surface area (Å²) in [6, 6.07) is 0.146. The minimum Gasteiger partial charge on any atom is -0.381 e. The molecule has 0 spiro atoms. The summed E-state index contributed by atoms with van der Waals surface area (Å²) >= 11 is 0.